The lowest BCUT2D eigenvalue weighted by Crippen LogP contribution is -2.04. The van der Waals surface area contributed by atoms with Gasteiger partial charge in [-0.15, -0.1) is 10.2 Å². The summed E-state index contributed by atoms with van der Waals surface area (Å²) in [6, 6.07) is 12.2. The van der Waals surface area contributed by atoms with Crippen LogP contribution in [0.4, 0.5) is 13.2 Å². The Kier molecular flexibility index (Phi) is 4.45. The molecule has 0 saturated heterocycles. The van der Waals surface area contributed by atoms with E-state index < -0.39 is 11.7 Å². The van der Waals surface area contributed by atoms with Gasteiger partial charge in [0.05, 0.1) is 5.56 Å². The molecule has 4 aromatic rings. The molecule has 2 heterocycles. The zero-order valence-corrected chi connectivity index (χ0v) is 15.1. The first-order valence-electron chi connectivity index (χ1n) is 7.74. The van der Waals surface area contributed by atoms with E-state index in [4.69, 9.17) is 11.6 Å². The minimum absolute atomic E-state index is 0.439. The molecule has 0 atom stereocenters. The molecule has 0 bridgehead atoms. The molecule has 0 aliphatic carbocycles. The molecule has 4 rings (SSSR count). The Labute approximate surface area is 160 Å². The number of hydrogen-bond acceptors (Lipinski definition) is 4. The predicted molar refractivity (Wildman–Crippen MR) is 99.5 cm³/mol. The molecular weight excluding hydrogens is 397 g/mol. The molecule has 0 saturated carbocycles. The van der Waals surface area contributed by atoms with Gasteiger partial charge in [-0.25, -0.2) is 0 Å². The van der Waals surface area contributed by atoms with Crippen LogP contribution in [0.5, 0.6) is 0 Å². The van der Waals surface area contributed by atoms with Gasteiger partial charge in [0.15, 0.2) is 5.82 Å². The molecule has 136 valence electrons. The van der Waals surface area contributed by atoms with Crippen LogP contribution in [0.15, 0.2) is 48.5 Å². The molecule has 0 aliphatic heterocycles. The minimum atomic E-state index is -4.37. The molecule has 4 nitrogen and oxygen atoms in total. The summed E-state index contributed by atoms with van der Waals surface area (Å²) in [7, 11) is 0. The minimum Gasteiger partial charge on any atom is -0.182 e. The highest BCUT2D eigenvalue weighted by atomic mass is 35.5. The maximum atomic E-state index is 12.8. The third-order valence-corrected chi connectivity index (χ3v) is 4.86. The summed E-state index contributed by atoms with van der Waals surface area (Å²) in [4.78, 5) is 0.587. The molecule has 0 radical (unpaired) electrons. The average Bonchev–Trinajstić information content (AvgIpc) is 3.21. The highest BCUT2D eigenvalue weighted by Gasteiger charge is 2.30. The highest BCUT2D eigenvalue weighted by Crippen LogP contribution is 2.30. The molecule has 27 heavy (non-hydrogen) atoms. The van der Waals surface area contributed by atoms with Crippen molar-refractivity contribution < 1.29 is 13.2 Å². The van der Waals surface area contributed by atoms with E-state index in [0.29, 0.717) is 26.4 Å². The molecular formula is C18H10ClF3N4S. The van der Waals surface area contributed by atoms with Crippen molar-refractivity contribution in [2.24, 2.45) is 0 Å². The van der Waals surface area contributed by atoms with Gasteiger partial charge in [-0.2, -0.15) is 22.8 Å². The second-order valence-corrected chi connectivity index (χ2v) is 7.05. The lowest BCUT2D eigenvalue weighted by molar-refractivity contribution is -0.137. The Morgan fingerprint density at radius 2 is 1.78 bits per heavy atom. The molecule has 0 fully saturated rings. The molecule has 9 heteroatoms. The zero-order chi connectivity index (χ0) is 19.0. The van der Waals surface area contributed by atoms with Crippen LogP contribution < -0.4 is 0 Å². The smallest absolute Gasteiger partial charge is 0.182 e. The number of aromatic nitrogens is 4. The Morgan fingerprint density at radius 3 is 2.52 bits per heavy atom. The van der Waals surface area contributed by atoms with Crippen LogP contribution >= 0.6 is 22.9 Å². The van der Waals surface area contributed by atoms with Gasteiger partial charge < -0.3 is 0 Å². The van der Waals surface area contributed by atoms with Crippen LogP contribution in [0.3, 0.4) is 0 Å². The zero-order valence-electron chi connectivity index (χ0n) is 13.5. The van der Waals surface area contributed by atoms with E-state index in [0.717, 1.165) is 17.7 Å². The first-order valence-corrected chi connectivity index (χ1v) is 8.93. The van der Waals surface area contributed by atoms with Gasteiger partial charge in [0.25, 0.3) is 0 Å². The van der Waals surface area contributed by atoms with Crippen molar-refractivity contribution in [1.82, 2.24) is 19.8 Å². The van der Waals surface area contributed by atoms with Crippen LogP contribution in [0.2, 0.25) is 5.02 Å². The summed E-state index contributed by atoms with van der Waals surface area (Å²) in [5.41, 5.74) is 0.562. The van der Waals surface area contributed by atoms with E-state index in [1.54, 1.807) is 34.9 Å². The van der Waals surface area contributed by atoms with Crippen LogP contribution in [-0.2, 0) is 6.18 Å². The topological polar surface area (TPSA) is 43.1 Å². The van der Waals surface area contributed by atoms with Crippen molar-refractivity contribution in [2.45, 2.75) is 6.18 Å². The summed E-state index contributed by atoms with van der Waals surface area (Å²) < 4.78 is 40.0. The molecule has 2 aromatic carbocycles. The van der Waals surface area contributed by atoms with E-state index in [2.05, 4.69) is 15.3 Å². The van der Waals surface area contributed by atoms with E-state index in [1.807, 2.05) is 12.1 Å². The maximum absolute atomic E-state index is 12.8. The van der Waals surface area contributed by atoms with Crippen molar-refractivity contribution in [1.29, 1.82) is 0 Å². The number of rotatable bonds is 3. The Morgan fingerprint density at radius 1 is 1.00 bits per heavy atom. The van der Waals surface area contributed by atoms with Gasteiger partial charge in [-0.1, -0.05) is 41.1 Å². The lowest BCUT2D eigenvalue weighted by atomic mass is 10.1. The van der Waals surface area contributed by atoms with Crippen molar-refractivity contribution in [2.75, 3.05) is 0 Å². The van der Waals surface area contributed by atoms with Crippen molar-refractivity contribution >= 4 is 40.1 Å². The van der Waals surface area contributed by atoms with Crippen molar-refractivity contribution in [3.63, 3.8) is 0 Å². The number of hydrogen-bond donors (Lipinski definition) is 0. The SMILES string of the molecule is FC(F)(F)c1cccc(/C=C/c2nn3c(-c4ccc(Cl)cc4)nnc3s2)c1. The van der Waals surface area contributed by atoms with Crippen LogP contribution in [0, 0.1) is 0 Å². The summed E-state index contributed by atoms with van der Waals surface area (Å²) >= 11 is 7.19. The third kappa shape index (κ3) is 3.72. The number of benzene rings is 2. The Bertz CT molecular complexity index is 1130. The summed E-state index contributed by atoms with van der Waals surface area (Å²) in [5.74, 6) is 0.566. The van der Waals surface area contributed by atoms with Gasteiger partial charge in [0, 0.05) is 10.6 Å². The Hall–Kier alpha value is -2.71. The van der Waals surface area contributed by atoms with E-state index >= 15 is 0 Å². The predicted octanol–water partition coefficient (Wildman–Crippen LogP) is 5.70. The van der Waals surface area contributed by atoms with Crippen molar-refractivity contribution in [3.05, 3.63) is 69.7 Å². The van der Waals surface area contributed by atoms with Gasteiger partial charge in [0.2, 0.25) is 4.96 Å². The van der Waals surface area contributed by atoms with Crippen LogP contribution in [0.25, 0.3) is 28.5 Å². The van der Waals surface area contributed by atoms with E-state index in [-0.39, 0.29) is 0 Å². The molecule has 0 N–H and O–H groups in total. The second kappa shape index (κ2) is 6.79. The average molecular weight is 407 g/mol. The fourth-order valence-corrected chi connectivity index (χ4v) is 3.33. The maximum Gasteiger partial charge on any atom is 0.416 e. The van der Waals surface area contributed by atoms with Gasteiger partial charge >= 0.3 is 6.18 Å². The number of halogens is 4. The van der Waals surface area contributed by atoms with E-state index in [1.165, 1.54) is 17.4 Å². The molecule has 2 aromatic heterocycles. The standard InChI is InChI=1S/C18H10ClF3N4S/c19-14-7-5-12(6-8-14)16-23-24-17-26(16)25-15(27-17)9-4-11-2-1-3-13(10-11)18(20,21)22/h1-10H/b9-4+. The Balaban J connectivity index is 1.64. The normalized spacial score (nSPS) is 12.3. The second-order valence-electron chi connectivity index (χ2n) is 5.62. The summed E-state index contributed by atoms with van der Waals surface area (Å²) in [5, 5.41) is 13.9. The van der Waals surface area contributed by atoms with Gasteiger partial charge in [0.1, 0.15) is 5.01 Å². The monoisotopic (exact) mass is 406 g/mol. The van der Waals surface area contributed by atoms with Crippen LogP contribution in [-0.4, -0.2) is 19.8 Å². The first kappa shape index (κ1) is 17.7. The lowest BCUT2D eigenvalue weighted by Gasteiger charge is -2.06. The summed E-state index contributed by atoms with van der Waals surface area (Å²) in [6.07, 6.45) is -1.13. The molecule has 0 amide bonds. The highest BCUT2D eigenvalue weighted by molar-refractivity contribution is 7.17. The van der Waals surface area contributed by atoms with Crippen LogP contribution in [0.1, 0.15) is 16.1 Å². The van der Waals surface area contributed by atoms with E-state index in [9.17, 15) is 13.2 Å². The fraction of sp³-hybridized carbons (Fsp3) is 0.0556. The summed E-state index contributed by atoms with van der Waals surface area (Å²) in [6.45, 7) is 0. The van der Waals surface area contributed by atoms with Gasteiger partial charge in [-0.3, -0.25) is 0 Å². The molecule has 0 aliphatic rings. The van der Waals surface area contributed by atoms with Crippen molar-refractivity contribution in [3.8, 4) is 11.4 Å². The first-order chi connectivity index (χ1) is 12.9. The molecule has 0 unspecified atom stereocenters. The number of fused-ring (bicyclic) bond motifs is 1. The number of alkyl halides is 3. The molecule has 0 spiro atoms. The fourth-order valence-electron chi connectivity index (χ4n) is 2.46. The number of nitrogens with zero attached hydrogens (tertiary/aromatic N) is 4. The third-order valence-electron chi connectivity index (χ3n) is 3.74. The van der Waals surface area contributed by atoms with Gasteiger partial charge in [-0.05, 0) is 48.0 Å². The quantitative estimate of drug-likeness (QED) is 0.438. The largest absolute Gasteiger partial charge is 0.416 e.